The van der Waals surface area contributed by atoms with Crippen molar-refractivity contribution in [2.75, 3.05) is 31.8 Å². The van der Waals surface area contributed by atoms with Gasteiger partial charge < -0.3 is 15.4 Å². The first kappa shape index (κ1) is 11.8. The lowest BCUT2D eigenvalue weighted by atomic mass is 10.3. The van der Waals surface area contributed by atoms with Crippen LogP contribution in [0, 0.1) is 0 Å². The third-order valence-corrected chi connectivity index (χ3v) is 2.41. The van der Waals surface area contributed by atoms with E-state index in [1.165, 1.54) is 0 Å². The lowest BCUT2D eigenvalue weighted by Crippen LogP contribution is -2.18. The third kappa shape index (κ3) is 2.86. The van der Waals surface area contributed by atoms with Gasteiger partial charge in [-0.15, -0.1) is 0 Å². The second-order valence-electron chi connectivity index (χ2n) is 3.88. The van der Waals surface area contributed by atoms with Gasteiger partial charge in [-0.3, -0.25) is 0 Å². The summed E-state index contributed by atoms with van der Waals surface area (Å²) in [5.74, 6) is 0.957. The zero-order valence-electron chi connectivity index (χ0n) is 9.90. The molecule has 0 spiro atoms. The summed E-state index contributed by atoms with van der Waals surface area (Å²) in [7, 11) is 5.64. The van der Waals surface area contributed by atoms with E-state index < -0.39 is 0 Å². The quantitative estimate of drug-likeness (QED) is 0.789. The van der Waals surface area contributed by atoms with Gasteiger partial charge in [-0.2, -0.15) is 5.10 Å². The number of aromatic nitrogens is 2. The van der Waals surface area contributed by atoms with Crippen molar-refractivity contribution in [2.24, 2.45) is 0 Å². The molecule has 1 atom stereocenters. The van der Waals surface area contributed by atoms with Crippen molar-refractivity contribution in [3.63, 3.8) is 0 Å². The minimum atomic E-state index is 0.241. The molecule has 0 radical (unpaired) electrons. The average molecular weight is 212 g/mol. The number of methoxy groups -OCH3 is 1. The second kappa shape index (κ2) is 5.02. The molecule has 1 rings (SSSR count). The molecule has 1 heterocycles. The summed E-state index contributed by atoms with van der Waals surface area (Å²) in [5, 5.41) is 4.24. The molecular formula is C10H20N4O. The molecule has 0 aliphatic heterocycles. The molecular weight excluding hydrogens is 192 g/mol. The van der Waals surface area contributed by atoms with E-state index >= 15 is 0 Å². The van der Waals surface area contributed by atoms with E-state index in [4.69, 9.17) is 10.5 Å². The fraction of sp³-hybridized carbons (Fsp3) is 0.700. The molecule has 0 aromatic carbocycles. The normalized spacial score (nSPS) is 12.8. The Morgan fingerprint density at radius 2 is 2.27 bits per heavy atom. The van der Waals surface area contributed by atoms with Gasteiger partial charge in [-0.1, -0.05) is 0 Å². The molecule has 15 heavy (non-hydrogen) atoms. The number of hydrogen-bond donors (Lipinski definition) is 1. The van der Waals surface area contributed by atoms with E-state index in [-0.39, 0.29) is 6.10 Å². The van der Waals surface area contributed by atoms with Gasteiger partial charge in [0.25, 0.3) is 0 Å². The molecule has 0 aliphatic carbocycles. The van der Waals surface area contributed by atoms with Crippen LogP contribution in [0.25, 0.3) is 0 Å². The first-order valence-electron chi connectivity index (χ1n) is 5.07. The Kier molecular flexibility index (Phi) is 3.96. The summed E-state index contributed by atoms with van der Waals surface area (Å²) in [4.78, 5) is 1.97. The fourth-order valence-electron chi connectivity index (χ4n) is 1.47. The molecule has 2 N–H and O–H groups in total. The van der Waals surface area contributed by atoms with Gasteiger partial charge in [-0.25, -0.2) is 4.68 Å². The minimum Gasteiger partial charge on any atom is -0.394 e. The number of rotatable bonds is 5. The molecule has 0 bridgehead atoms. The number of ether oxygens (including phenoxy) is 1. The Morgan fingerprint density at radius 3 is 2.80 bits per heavy atom. The highest BCUT2D eigenvalue weighted by molar-refractivity contribution is 5.61. The summed E-state index contributed by atoms with van der Waals surface area (Å²) >= 11 is 0. The Hall–Kier alpha value is -1.23. The fourth-order valence-corrected chi connectivity index (χ4v) is 1.47. The highest BCUT2D eigenvalue weighted by atomic mass is 16.5. The summed E-state index contributed by atoms with van der Waals surface area (Å²) in [6.45, 7) is 2.86. The van der Waals surface area contributed by atoms with Gasteiger partial charge in [0.1, 0.15) is 5.82 Å². The zero-order valence-corrected chi connectivity index (χ0v) is 9.90. The second-order valence-corrected chi connectivity index (χ2v) is 3.88. The standard InChI is InChI=1S/C10H20N4O/c1-8(15-4)5-6-14-10(13(2)3)9(11)7-12-14/h7-8H,5-6,11H2,1-4H3. The van der Waals surface area contributed by atoms with Crippen LogP contribution in [-0.2, 0) is 11.3 Å². The molecule has 0 fully saturated rings. The number of nitrogen functional groups attached to an aromatic ring is 1. The van der Waals surface area contributed by atoms with Crippen molar-refractivity contribution in [1.29, 1.82) is 0 Å². The molecule has 86 valence electrons. The van der Waals surface area contributed by atoms with Crippen molar-refractivity contribution in [3.05, 3.63) is 6.20 Å². The third-order valence-electron chi connectivity index (χ3n) is 2.41. The SMILES string of the molecule is COC(C)CCn1ncc(N)c1N(C)C. The first-order chi connectivity index (χ1) is 7.06. The maximum Gasteiger partial charge on any atom is 0.149 e. The molecule has 1 aromatic heterocycles. The lowest BCUT2D eigenvalue weighted by Gasteiger charge is -2.17. The Bertz CT molecular complexity index is 308. The number of anilines is 2. The minimum absolute atomic E-state index is 0.241. The van der Waals surface area contributed by atoms with E-state index in [1.807, 2.05) is 30.6 Å². The smallest absolute Gasteiger partial charge is 0.149 e. The largest absolute Gasteiger partial charge is 0.394 e. The molecule has 0 saturated heterocycles. The van der Waals surface area contributed by atoms with E-state index in [0.29, 0.717) is 5.69 Å². The molecule has 5 heteroatoms. The van der Waals surface area contributed by atoms with Crippen LogP contribution in [0.1, 0.15) is 13.3 Å². The van der Waals surface area contributed by atoms with Crippen molar-refractivity contribution < 1.29 is 4.74 Å². The van der Waals surface area contributed by atoms with Crippen LogP contribution in [0.15, 0.2) is 6.20 Å². The average Bonchev–Trinajstić information content (AvgIpc) is 2.56. The number of aryl methyl sites for hydroxylation is 1. The Labute approximate surface area is 90.8 Å². The van der Waals surface area contributed by atoms with Crippen molar-refractivity contribution >= 4 is 11.5 Å². The topological polar surface area (TPSA) is 56.3 Å². The van der Waals surface area contributed by atoms with Crippen LogP contribution < -0.4 is 10.6 Å². The zero-order chi connectivity index (χ0) is 11.4. The maximum absolute atomic E-state index is 5.82. The molecule has 5 nitrogen and oxygen atoms in total. The number of nitrogens with two attached hydrogens (primary N) is 1. The monoisotopic (exact) mass is 212 g/mol. The van der Waals surface area contributed by atoms with Gasteiger partial charge in [0.05, 0.1) is 18.0 Å². The molecule has 0 amide bonds. The number of hydrogen-bond acceptors (Lipinski definition) is 4. The molecule has 0 saturated carbocycles. The van der Waals surface area contributed by atoms with Crippen molar-refractivity contribution in [2.45, 2.75) is 26.0 Å². The van der Waals surface area contributed by atoms with Gasteiger partial charge >= 0.3 is 0 Å². The van der Waals surface area contributed by atoms with E-state index in [1.54, 1.807) is 13.3 Å². The summed E-state index contributed by atoms with van der Waals surface area (Å²) in [6.07, 6.45) is 2.86. The van der Waals surface area contributed by atoms with E-state index in [0.717, 1.165) is 18.8 Å². The summed E-state index contributed by atoms with van der Waals surface area (Å²) < 4.78 is 7.10. The maximum atomic E-state index is 5.82. The van der Waals surface area contributed by atoms with E-state index in [9.17, 15) is 0 Å². The Balaban J connectivity index is 2.68. The number of nitrogens with zero attached hydrogens (tertiary/aromatic N) is 3. The van der Waals surface area contributed by atoms with Crippen molar-refractivity contribution in [3.8, 4) is 0 Å². The van der Waals surface area contributed by atoms with Gasteiger partial charge in [-0.05, 0) is 13.3 Å². The predicted octanol–water partition coefficient (Wildman–Crippen LogP) is 0.956. The highest BCUT2D eigenvalue weighted by Gasteiger charge is 2.10. The van der Waals surface area contributed by atoms with Gasteiger partial charge in [0, 0.05) is 27.7 Å². The van der Waals surface area contributed by atoms with Crippen LogP contribution in [0.3, 0.4) is 0 Å². The highest BCUT2D eigenvalue weighted by Crippen LogP contribution is 2.20. The predicted molar refractivity (Wildman–Crippen MR) is 62.1 cm³/mol. The van der Waals surface area contributed by atoms with Crippen LogP contribution in [0.4, 0.5) is 11.5 Å². The van der Waals surface area contributed by atoms with Gasteiger partial charge in [0.15, 0.2) is 0 Å². The van der Waals surface area contributed by atoms with Crippen LogP contribution in [0.5, 0.6) is 0 Å². The Morgan fingerprint density at radius 1 is 1.60 bits per heavy atom. The van der Waals surface area contributed by atoms with Crippen LogP contribution in [0.2, 0.25) is 0 Å². The first-order valence-corrected chi connectivity index (χ1v) is 5.07. The van der Waals surface area contributed by atoms with Crippen LogP contribution >= 0.6 is 0 Å². The molecule has 1 aromatic rings. The van der Waals surface area contributed by atoms with E-state index in [2.05, 4.69) is 5.10 Å². The summed E-state index contributed by atoms with van der Waals surface area (Å²) in [5.41, 5.74) is 6.54. The lowest BCUT2D eigenvalue weighted by molar-refractivity contribution is 0.106. The molecule has 0 aliphatic rings. The molecule has 1 unspecified atom stereocenters. The van der Waals surface area contributed by atoms with Gasteiger partial charge in [0.2, 0.25) is 0 Å². The summed E-state index contributed by atoms with van der Waals surface area (Å²) in [6, 6.07) is 0. The van der Waals surface area contributed by atoms with Crippen LogP contribution in [-0.4, -0.2) is 37.1 Å². The van der Waals surface area contributed by atoms with Crippen molar-refractivity contribution in [1.82, 2.24) is 9.78 Å².